The molecule has 5 rings (SSSR count). The molecule has 0 spiro atoms. The third-order valence-electron chi connectivity index (χ3n) is 5.26. The van der Waals surface area contributed by atoms with Crippen LogP contribution in [0, 0.1) is 6.92 Å². The van der Waals surface area contributed by atoms with Gasteiger partial charge in [0.25, 0.3) is 5.91 Å². The van der Waals surface area contributed by atoms with Gasteiger partial charge in [-0.1, -0.05) is 59.8 Å². The summed E-state index contributed by atoms with van der Waals surface area (Å²) in [5, 5.41) is 21.3. The Morgan fingerprint density at radius 2 is 1.97 bits per heavy atom. The number of aromatic nitrogens is 5. The lowest BCUT2D eigenvalue weighted by Crippen LogP contribution is -2.22. The molecule has 0 aliphatic heterocycles. The summed E-state index contributed by atoms with van der Waals surface area (Å²) in [7, 11) is 0. The first-order chi connectivity index (χ1) is 17.1. The highest BCUT2D eigenvalue weighted by molar-refractivity contribution is 5.95. The molecule has 1 amide bonds. The monoisotopic (exact) mass is 468 g/mol. The molecule has 2 aromatic heterocycles. The molecular weight excluding hydrogens is 448 g/mol. The van der Waals surface area contributed by atoms with Crippen LogP contribution in [0.2, 0.25) is 0 Å². The zero-order valence-electron chi connectivity index (χ0n) is 18.6. The molecule has 11 nitrogen and oxygen atoms in total. The number of nitrogens with one attached hydrogen (secondary N) is 1. The van der Waals surface area contributed by atoms with E-state index in [0.717, 1.165) is 21.2 Å². The second-order valence-corrected chi connectivity index (χ2v) is 7.61. The van der Waals surface area contributed by atoms with Crippen molar-refractivity contribution in [2.24, 2.45) is 5.10 Å². The third-order valence-corrected chi connectivity index (χ3v) is 5.26. The Labute approximate surface area is 199 Å². The van der Waals surface area contributed by atoms with Gasteiger partial charge in [-0.3, -0.25) is 4.79 Å². The number of carbonyl (C=O) groups excluding carboxylic acids is 1. The lowest BCUT2D eigenvalue weighted by atomic mass is 10.1. The fourth-order valence-electron chi connectivity index (χ4n) is 3.59. The molecule has 11 heteroatoms. The Morgan fingerprint density at radius 3 is 2.83 bits per heavy atom. The van der Waals surface area contributed by atoms with Gasteiger partial charge in [0.15, 0.2) is 5.69 Å². The molecule has 2 heterocycles. The van der Waals surface area contributed by atoms with Gasteiger partial charge in [-0.25, -0.2) is 10.1 Å². The second-order valence-electron chi connectivity index (χ2n) is 7.61. The fourth-order valence-corrected chi connectivity index (χ4v) is 3.59. The van der Waals surface area contributed by atoms with E-state index in [1.54, 1.807) is 6.92 Å². The van der Waals surface area contributed by atoms with E-state index in [9.17, 15) is 4.79 Å². The van der Waals surface area contributed by atoms with E-state index >= 15 is 0 Å². The van der Waals surface area contributed by atoms with Crippen LogP contribution in [0.5, 0.6) is 5.75 Å². The van der Waals surface area contributed by atoms with Gasteiger partial charge in [0, 0.05) is 0 Å². The van der Waals surface area contributed by atoms with Gasteiger partial charge < -0.3 is 10.5 Å². The van der Waals surface area contributed by atoms with Crippen molar-refractivity contribution in [3.8, 4) is 11.6 Å². The zero-order chi connectivity index (χ0) is 24.2. The molecule has 0 aliphatic carbocycles. The van der Waals surface area contributed by atoms with Crippen LogP contribution in [0.1, 0.15) is 27.3 Å². The molecule has 0 saturated heterocycles. The third kappa shape index (κ3) is 4.55. The van der Waals surface area contributed by atoms with Crippen LogP contribution in [-0.2, 0) is 6.61 Å². The summed E-state index contributed by atoms with van der Waals surface area (Å²) in [6.07, 6.45) is 1.51. The summed E-state index contributed by atoms with van der Waals surface area (Å²) in [6.45, 7) is 2.05. The van der Waals surface area contributed by atoms with Crippen LogP contribution in [0.15, 0.2) is 76.5 Å². The molecule has 0 saturated carbocycles. The van der Waals surface area contributed by atoms with Gasteiger partial charge in [0.05, 0.1) is 11.9 Å². The normalized spacial score (nSPS) is 11.2. The van der Waals surface area contributed by atoms with Crippen molar-refractivity contribution in [2.45, 2.75) is 13.5 Å². The van der Waals surface area contributed by atoms with Crippen LogP contribution in [0.4, 0.5) is 5.82 Å². The number of amides is 1. The number of nitrogens with two attached hydrogens (primary N) is 1. The number of aryl methyl sites for hydroxylation is 1. The van der Waals surface area contributed by atoms with E-state index in [4.69, 9.17) is 10.5 Å². The van der Waals surface area contributed by atoms with E-state index in [1.165, 1.54) is 11.6 Å². The Hall–Kier alpha value is -5.06. The van der Waals surface area contributed by atoms with Gasteiger partial charge in [-0.05, 0) is 51.3 Å². The number of carbonyl (C=O) groups is 1. The molecule has 35 heavy (non-hydrogen) atoms. The average Bonchev–Trinajstić information content (AvgIpc) is 3.47. The van der Waals surface area contributed by atoms with Gasteiger partial charge >= 0.3 is 0 Å². The van der Waals surface area contributed by atoms with Crippen LogP contribution in [-0.4, -0.2) is 37.4 Å². The summed E-state index contributed by atoms with van der Waals surface area (Å²) in [6, 6.07) is 21.7. The van der Waals surface area contributed by atoms with Gasteiger partial charge in [-0.2, -0.15) is 9.78 Å². The van der Waals surface area contributed by atoms with E-state index < -0.39 is 5.91 Å². The number of hydrogen-bond acceptors (Lipinski definition) is 9. The van der Waals surface area contributed by atoms with Crippen molar-refractivity contribution in [3.05, 3.63) is 89.2 Å². The Kier molecular flexibility index (Phi) is 5.87. The molecule has 3 N–H and O–H groups in total. The minimum absolute atomic E-state index is 0.0206. The van der Waals surface area contributed by atoms with E-state index in [-0.39, 0.29) is 17.3 Å². The maximum absolute atomic E-state index is 12.7. The first-order valence-electron chi connectivity index (χ1n) is 10.6. The SMILES string of the molecule is Cc1nnn(-c2nonc2N)c1C(=O)N/N=C\c1cccc(OCc2cccc3ccccc23)c1. The summed E-state index contributed by atoms with van der Waals surface area (Å²) in [5.41, 5.74) is 10.5. The number of nitrogen functional groups attached to an aromatic ring is 1. The molecule has 5 aromatic rings. The van der Waals surface area contributed by atoms with E-state index in [1.807, 2.05) is 48.5 Å². The Bertz CT molecular complexity index is 1530. The van der Waals surface area contributed by atoms with E-state index in [0.29, 0.717) is 18.1 Å². The number of ether oxygens (including phenoxy) is 1. The largest absolute Gasteiger partial charge is 0.489 e. The number of benzene rings is 3. The van der Waals surface area contributed by atoms with Crippen molar-refractivity contribution < 1.29 is 14.2 Å². The van der Waals surface area contributed by atoms with Crippen LogP contribution in [0.3, 0.4) is 0 Å². The molecule has 0 aliphatic rings. The number of nitrogens with zero attached hydrogens (tertiary/aromatic N) is 6. The highest BCUT2D eigenvalue weighted by atomic mass is 16.6. The molecule has 0 fully saturated rings. The maximum atomic E-state index is 12.7. The standard InChI is InChI=1S/C24H20N8O3/c1-15-21(32(31-27-15)23-22(25)29-35-30-23)24(33)28-26-13-16-6-4-10-19(12-16)34-14-18-9-5-8-17-7-2-3-11-20(17)18/h2-13H,14H2,1H3,(H2,25,29)(H,28,33)/b26-13-. The first-order valence-corrected chi connectivity index (χ1v) is 10.6. The number of hydrogen-bond donors (Lipinski definition) is 2. The van der Waals surface area contributed by atoms with Crippen LogP contribution in [0.25, 0.3) is 16.6 Å². The number of rotatable bonds is 7. The Morgan fingerprint density at radius 1 is 1.14 bits per heavy atom. The average molecular weight is 468 g/mol. The van der Waals surface area contributed by atoms with Crippen molar-refractivity contribution in [3.63, 3.8) is 0 Å². The predicted molar refractivity (Wildman–Crippen MR) is 128 cm³/mol. The maximum Gasteiger partial charge on any atom is 0.292 e. The van der Waals surface area contributed by atoms with Gasteiger partial charge in [0.1, 0.15) is 12.4 Å². The fraction of sp³-hybridized carbons (Fsp3) is 0.0833. The number of fused-ring (bicyclic) bond motifs is 1. The van der Waals surface area contributed by atoms with Crippen LogP contribution < -0.4 is 15.9 Å². The lowest BCUT2D eigenvalue weighted by Gasteiger charge is -2.09. The lowest BCUT2D eigenvalue weighted by molar-refractivity contribution is 0.0946. The first kappa shape index (κ1) is 21.8. The smallest absolute Gasteiger partial charge is 0.292 e. The van der Waals surface area contributed by atoms with Gasteiger partial charge in [0.2, 0.25) is 11.6 Å². The highest BCUT2D eigenvalue weighted by Gasteiger charge is 2.22. The predicted octanol–water partition coefficient (Wildman–Crippen LogP) is 3.04. The van der Waals surface area contributed by atoms with Crippen molar-refractivity contribution in [1.29, 1.82) is 0 Å². The Balaban J connectivity index is 1.26. The van der Waals surface area contributed by atoms with E-state index in [2.05, 4.69) is 54.0 Å². The number of anilines is 1. The molecule has 3 aromatic carbocycles. The minimum Gasteiger partial charge on any atom is -0.489 e. The quantitative estimate of drug-likeness (QED) is 0.274. The molecule has 0 radical (unpaired) electrons. The zero-order valence-corrected chi connectivity index (χ0v) is 18.6. The topological polar surface area (TPSA) is 146 Å². The van der Waals surface area contributed by atoms with Crippen molar-refractivity contribution in [1.82, 2.24) is 30.7 Å². The van der Waals surface area contributed by atoms with Crippen molar-refractivity contribution >= 4 is 28.7 Å². The molecule has 0 atom stereocenters. The minimum atomic E-state index is -0.547. The van der Waals surface area contributed by atoms with Gasteiger partial charge in [-0.15, -0.1) is 5.10 Å². The van der Waals surface area contributed by atoms with Crippen LogP contribution >= 0.6 is 0 Å². The summed E-state index contributed by atoms with van der Waals surface area (Å²) < 4.78 is 11.7. The highest BCUT2D eigenvalue weighted by Crippen LogP contribution is 2.21. The molecule has 174 valence electrons. The molecule has 0 unspecified atom stereocenters. The van der Waals surface area contributed by atoms with Crippen molar-refractivity contribution in [2.75, 3.05) is 5.73 Å². The summed E-state index contributed by atoms with van der Waals surface area (Å²) in [5.74, 6) is 0.179. The molecule has 0 bridgehead atoms. The molecular formula is C24H20N8O3. The second kappa shape index (κ2) is 9.43. The number of hydrazone groups is 1. The summed E-state index contributed by atoms with van der Waals surface area (Å²) in [4.78, 5) is 12.7. The summed E-state index contributed by atoms with van der Waals surface area (Å²) >= 11 is 0.